The Morgan fingerprint density at radius 2 is 2.12 bits per heavy atom. The number of benzene rings is 1. The number of ether oxygens (including phenoxy) is 2. The van der Waals surface area contributed by atoms with Crippen LogP contribution in [0.3, 0.4) is 0 Å². The number of amides is 1. The van der Waals surface area contributed by atoms with Gasteiger partial charge in [0.15, 0.2) is 17.3 Å². The fourth-order valence-electron chi connectivity index (χ4n) is 2.58. The fourth-order valence-corrected chi connectivity index (χ4v) is 3.27. The Labute approximate surface area is 149 Å². The lowest BCUT2D eigenvalue weighted by Crippen LogP contribution is -2.41. The van der Waals surface area contributed by atoms with Crippen molar-refractivity contribution in [3.63, 3.8) is 0 Å². The minimum absolute atomic E-state index is 0.108. The summed E-state index contributed by atoms with van der Waals surface area (Å²) in [5.74, 6) is 8.74. The highest BCUT2D eigenvalue weighted by Crippen LogP contribution is 2.39. The van der Waals surface area contributed by atoms with E-state index in [1.54, 1.807) is 0 Å². The van der Waals surface area contributed by atoms with Gasteiger partial charge in [0.25, 0.3) is 0 Å². The van der Waals surface area contributed by atoms with Crippen LogP contribution in [-0.4, -0.2) is 45.8 Å². The van der Waals surface area contributed by atoms with Gasteiger partial charge >= 0.3 is 0 Å². The molecule has 1 saturated carbocycles. The second-order valence-corrected chi connectivity index (χ2v) is 7.02. The summed E-state index contributed by atoms with van der Waals surface area (Å²) in [4.78, 5) is 12.0. The minimum Gasteiger partial charge on any atom is -0.486 e. The van der Waals surface area contributed by atoms with Crippen molar-refractivity contribution in [1.82, 2.24) is 20.2 Å². The normalized spacial score (nSPS) is 18.8. The Bertz CT molecular complexity index is 777. The van der Waals surface area contributed by atoms with Crippen molar-refractivity contribution in [2.24, 2.45) is 0 Å². The zero-order valence-corrected chi connectivity index (χ0v) is 14.4. The summed E-state index contributed by atoms with van der Waals surface area (Å²) in [7, 11) is 0. The van der Waals surface area contributed by atoms with Gasteiger partial charge in [-0.3, -0.25) is 4.79 Å². The zero-order valence-electron chi connectivity index (χ0n) is 13.6. The number of carbonyl (C=O) groups is 1. The summed E-state index contributed by atoms with van der Waals surface area (Å²) in [6.07, 6.45) is 2.00. The maximum Gasteiger partial charge on any atom is 0.230 e. The van der Waals surface area contributed by atoms with E-state index >= 15 is 0 Å². The van der Waals surface area contributed by atoms with E-state index < -0.39 is 0 Å². The Morgan fingerprint density at radius 3 is 2.92 bits per heavy atom. The van der Waals surface area contributed by atoms with E-state index in [1.807, 2.05) is 24.3 Å². The first kappa shape index (κ1) is 16.1. The molecule has 1 aromatic carbocycles. The van der Waals surface area contributed by atoms with Crippen molar-refractivity contribution in [3.05, 3.63) is 30.1 Å². The van der Waals surface area contributed by atoms with E-state index in [0.717, 1.165) is 24.4 Å². The lowest BCUT2D eigenvalue weighted by Gasteiger charge is -2.26. The molecule has 3 N–H and O–H groups in total. The van der Waals surface area contributed by atoms with Crippen LogP contribution in [0.2, 0.25) is 0 Å². The summed E-state index contributed by atoms with van der Waals surface area (Å²) >= 11 is 1.28. The minimum atomic E-state index is -0.205. The SMILES string of the molecule is Nn1c(SCC(=O)NC[C@@H]2COc3ccccc3O2)nnc1C1CC1. The molecule has 0 saturated heterocycles. The summed E-state index contributed by atoms with van der Waals surface area (Å²) in [6.45, 7) is 0.794. The van der Waals surface area contributed by atoms with Gasteiger partial charge in [-0.25, -0.2) is 4.68 Å². The van der Waals surface area contributed by atoms with Crippen LogP contribution in [0.1, 0.15) is 24.6 Å². The van der Waals surface area contributed by atoms with E-state index in [9.17, 15) is 4.79 Å². The molecule has 2 aliphatic rings. The topological polar surface area (TPSA) is 104 Å². The van der Waals surface area contributed by atoms with Crippen molar-refractivity contribution in [2.75, 3.05) is 24.7 Å². The number of rotatable bonds is 6. The molecule has 1 aliphatic carbocycles. The average Bonchev–Trinajstić information content (AvgIpc) is 3.41. The van der Waals surface area contributed by atoms with Crippen LogP contribution in [-0.2, 0) is 4.79 Å². The number of para-hydroxylation sites is 2. The van der Waals surface area contributed by atoms with E-state index in [-0.39, 0.29) is 17.8 Å². The highest BCUT2D eigenvalue weighted by Gasteiger charge is 2.30. The molecule has 0 spiro atoms. The number of hydrogen-bond donors (Lipinski definition) is 2. The molecule has 132 valence electrons. The summed E-state index contributed by atoms with van der Waals surface area (Å²) in [5.41, 5.74) is 0. The molecule has 25 heavy (non-hydrogen) atoms. The predicted molar refractivity (Wildman–Crippen MR) is 92.2 cm³/mol. The van der Waals surface area contributed by atoms with Gasteiger partial charge in [0.05, 0.1) is 12.3 Å². The summed E-state index contributed by atoms with van der Waals surface area (Å²) < 4.78 is 12.9. The predicted octanol–water partition coefficient (Wildman–Crippen LogP) is 0.918. The monoisotopic (exact) mass is 361 g/mol. The van der Waals surface area contributed by atoms with Gasteiger partial charge < -0.3 is 20.6 Å². The van der Waals surface area contributed by atoms with Gasteiger partial charge in [0.2, 0.25) is 11.1 Å². The number of thioether (sulfide) groups is 1. The highest BCUT2D eigenvalue weighted by molar-refractivity contribution is 7.99. The third kappa shape index (κ3) is 3.65. The van der Waals surface area contributed by atoms with Crippen molar-refractivity contribution >= 4 is 17.7 Å². The van der Waals surface area contributed by atoms with Gasteiger partial charge in [-0.2, -0.15) is 0 Å². The van der Waals surface area contributed by atoms with Crippen LogP contribution >= 0.6 is 11.8 Å². The Morgan fingerprint density at radius 1 is 1.32 bits per heavy atom. The molecule has 1 amide bonds. The Hall–Kier alpha value is -2.42. The molecule has 1 aromatic heterocycles. The van der Waals surface area contributed by atoms with Crippen molar-refractivity contribution in [3.8, 4) is 11.5 Å². The van der Waals surface area contributed by atoms with Gasteiger partial charge in [-0.15, -0.1) is 10.2 Å². The Balaban J connectivity index is 1.23. The van der Waals surface area contributed by atoms with Gasteiger partial charge in [-0.1, -0.05) is 23.9 Å². The van der Waals surface area contributed by atoms with Crippen LogP contribution in [0.15, 0.2) is 29.4 Å². The van der Waals surface area contributed by atoms with Crippen molar-refractivity contribution < 1.29 is 14.3 Å². The third-order valence-corrected chi connectivity index (χ3v) is 5.00. The number of nitrogens with one attached hydrogen (secondary N) is 1. The molecule has 2 aromatic rings. The maximum atomic E-state index is 12.0. The number of nitrogens with two attached hydrogens (primary N) is 1. The third-order valence-electron chi connectivity index (χ3n) is 4.06. The average molecular weight is 361 g/mol. The summed E-state index contributed by atoms with van der Waals surface area (Å²) in [5, 5.41) is 11.6. The van der Waals surface area contributed by atoms with E-state index in [1.165, 1.54) is 16.4 Å². The molecule has 9 heteroatoms. The molecule has 0 unspecified atom stereocenters. The number of aromatic nitrogens is 3. The van der Waals surface area contributed by atoms with E-state index in [0.29, 0.717) is 30.0 Å². The maximum absolute atomic E-state index is 12.0. The van der Waals surface area contributed by atoms with Gasteiger partial charge in [-0.05, 0) is 25.0 Å². The zero-order chi connectivity index (χ0) is 17.2. The smallest absolute Gasteiger partial charge is 0.230 e. The number of hydrogen-bond acceptors (Lipinski definition) is 7. The number of nitrogens with zero attached hydrogens (tertiary/aromatic N) is 3. The fraction of sp³-hybridized carbons (Fsp3) is 0.438. The van der Waals surface area contributed by atoms with Crippen molar-refractivity contribution in [2.45, 2.75) is 30.0 Å². The first-order chi connectivity index (χ1) is 12.2. The van der Waals surface area contributed by atoms with E-state index in [2.05, 4.69) is 15.5 Å². The molecular weight excluding hydrogens is 342 g/mol. The molecule has 1 aliphatic heterocycles. The standard InChI is InChI=1S/C16H19N5O3S/c17-21-15(10-5-6-10)19-20-16(21)25-9-14(22)18-7-11-8-23-12-3-1-2-4-13(12)24-11/h1-4,10-11H,5-9,17H2,(H,18,22)/t11-/m1/s1. The molecule has 1 atom stereocenters. The van der Waals surface area contributed by atoms with Crippen LogP contribution in [0, 0.1) is 0 Å². The lowest BCUT2D eigenvalue weighted by molar-refractivity contribution is -0.119. The molecule has 8 nitrogen and oxygen atoms in total. The second-order valence-electron chi connectivity index (χ2n) is 6.08. The highest BCUT2D eigenvalue weighted by atomic mass is 32.2. The van der Waals surface area contributed by atoms with Crippen LogP contribution < -0.4 is 20.6 Å². The van der Waals surface area contributed by atoms with Gasteiger partial charge in [0, 0.05) is 5.92 Å². The first-order valence-electron chi connectivity index (χ1n) is 8.19. The molecular formula is C16H19N5O3S. The second kappa shape index (κ2) is 6.83. The molecule has 0 radical (unpaired) electrons. The largest absolute Gasteiger partial charge is 0.486 e. The van der Waals surface area contributed by atoms with Crippen molar-refractivity contribution in [1.29, 1.82) is 0 Å². The molecule has 2 heterocycles. The van der Waals surface area contributed by atoms with E-state index in [4.69, 9.17) is 15.3 Å². The lowest BCUT2D eigenvalue weighted by atomic mass is 10.2. The first-order valence-corrected chi connectivity index (χ1v) is 9.17. The van der Waals surface area contributed by atoms with Crippen LogP contribution in [0.25, 0.3) is 0 Å². The molecule has 0 bridgehead atoms. The summed E-state index contributed by atoms with van der Waals surface area (Å²) in [6, 6.07) is 7.50. The van der Waals surface area contributed by atoms with Gasteiger partial charge in [0.1, 0.15) is 12.7 Å². The molecule has 4 rings (SSSR count). The molecule has 1 fully saturated rings. The number of fused-ring (bicyclic) bond motifs is 1. The number of carbonyl (C=O) groups excluding carboxylic acids is 1. The van der Waals surface area contributed by atoms with Crippen LogP contribution in [0.5, 0.6) is 11.5 Å². The number of nitrogen functional groups attached to an aromatic ring is 1. The quantitative estimate of drug-likeness (QED) is 0.582. The Kier molecular flexibility index (Phi) is 4.39. The van der Waals surface area contributed by atoms with Crippen LogP contribution in [0.4, 0.5) is 0 Å².